The van der Waals surface area contributed by atoms with Gasteiger partial charge in [0.25, 0.3) is 0 Å². The van der Waals surface area contributed by atoms with E-state index >= 15 is 0 Å². The summed E-state index contributed by atoms with van der Waals surface area (Å²) in [4.78, 5) is 46.0. The molecule has 146 valence electrons. The third-order valence-corrected chi connectivity index (χ3v) is 4.82. The summed E-state index contributed by atoms with van der Waals surface area (Å²) in [6, 6.07) is 3.33. The van der Waals surface area contributed by atoms with E-state index in [1.807, 2.05) is 0 Å². The summed E-state index contributed by atoms with van der Waals surface area (Å²) in [5.74, 6) is -3.05. The Kier molecular flexibility index (Phi) is 6.20. The smallest absolute Gasteiger partial charge is 0.303 e. The van der Waals surface area contributed by atoms with Crippen molar-refractivity contribution in [1.29, 1.82) is 0 Å². The van der Waals surface area contributed by atoms with Crippen molar-refractivity contribution >= 4 is 23.7 Å². The van der Waals surface area contributed by atoms with E-state index < -0.39 is 23.3 Å². The molecule has 3 N–H and O–H groups in total. The standard InChI is InChI=1S/C19H22O8/c1-11-8-12(2-3-14(20)21)9-13-17(11)27-10-19(18(13)26,6-4-15(22)23)7-5-16(24)25/h8-9H,2-7,10H2,1H3,(H,20,21)(H,22,23)(H,24,25). The fraction of sp³-hybridized carbons (Fsp3) is 0.474. The molecule has 0 unspecified atom stereocenters. The summed E-state index contributed by atoms with van der Waals surface area (Å²) in [5.41, 5.74) is 0.392. The first-order valence-electron chi connectivity index (χ1n) is 8.61. The van der Waals surface area contributed by atoms with Crippen molar-refractivity contribution < 1.29 is 39.2 Å². The first kappa shape index (κ1) is 20.4. The molecule has 0 aliphatic carbocycles. The fourth-order valence-corrected chi connectivity index (χ4v) is 3.35. The van der Waals surface area contributed by atoms with Gasteiger partial charge in [-0.1, -0.05) is 6.07 Å². The van der Waals surface area contributed by atoms with Gasteiger partial charge in [-0.05, 0) is 43.4 Å². The van der Waals surface area contributed by atoms with Crippen LogP contribution in [0.5, 0.6) is 5.75 Å². The molecule has 8 nitrogen and oxygen atoms in total. The zero-order valence-electron chi connectivity index (χ0n) is 15.0. The third kappa shape index (κ3) is 4.84. The van der Waals surface area contributed by atoms with E-state index in [1.54, 1.807) is 19.1 Å². The van der Waals surface area contributed by atoms with Crippen LogP contribution in [0.15, 0.2) is 12.1 Å². The summed E-state index contributed by atoms with van der Waals surface area (Å²) in [6.45, 7) is 1.67. The molecule has 0 saturated carbocycles. The van der Waals surface area contributed by atoms with Gasteiger partial charge in [0, 0.05) is 19.3 Å². The molecule has 0 radical (unpaired) electrons. The van der Waals surface area contributed by atoms with Gasteiger partial charge < -0.3 is 20.1 Å². The lowest BCUT2D eigenvalue weighted by Crippen LogP contribution is -2.42. The Bertz CT molecular complexity index is 762. The molecule has 1 aliphatic rings. The highest BCUT2D eigenvalue weighted by molar-refractivity contribution is 6.04. The van der Waals surface area contributed by atoms with Crippen molar-refractivity contribution in [2.45, 2.75) is 45.4 Å². The van der Waals surface area contributed by atoms with Crippen LogP contribution in [0.1, 0.15) is 53.6 Å². The average molecular weight is 378 g/mol. The highest BCUT2D eigenvalue weighted by Gasteiger charge is 2.44. The second kappa shape index (κ2) is 8.20. The van der Waals surface area contributed by atoms with E-state index in [4.69, 9.17) is 20.1 Å². The zero-order valence-corrected chi connectivity index (χ0v) is 15.0. The first-order chi connectivity index (χ1) is 12.6. The van der Waals surface area contributed by atoms with Gasteiger partial charge in [-0.25, -0.2) is 0 Å². The monoisotopic (exact) mass is 378 g/mol. The van der Waals surface area contributed by atoms with Gasteiger partial charge in [0.05, 0.1) is 11.0 Å². The van der Waals surface area contributed by atoms with E-state index in [9.17, 15) is 19.2 Å². The van der Waals surface area contributed by atoms with Gasteiger partial charge in [0.1, 0.15) is 12.4 Å². The van der Waals surface area contributed by atoms with Crippen LogP contribution >= 0.6 is 0 Å². The quantitative estimate of drug-likeness (QED) is 0.595. The molecule has 2 rings (SSSR count). The van der Waals surface area contributed by atoms with Crippen LogP contribution < -0.4 is 4.74 Å². The third-order valence-electron chi connectivity index (χ3n) is 4.82. The van der Waals surface area contributed by atoms with Crippen molar-refractivity contribution in [3.05, 3.63) is 28.8 Å². The predicted octanol–water partition coefficient (Wildman–Crippen LogP) is 2.30. The fourth-order valence-electron chi connectivity index (χ4n) is 3.35. The number of ketones is 1. The Morgan fingerprint density at radius 3 is 2.07 bits per heavy atom. The number of carbonyl (C=O) groups excluding carboxylic acids is 1. The van der Waals surface area contributed by atoms with E-state index in [0.717, 1.165) is 0 Å². The molecule has 0 saturated heterocycles. The lowest BCUT2D eigenvalue weighted by Gasteiger charge is -2.37. The summed E-state index contributed by atoms with van der Waals surface area (Å²) in [6.07, 6.45) is -0.438. The van der Waals surface area contributed by atoms with E-state index in [0.29, 0.717) is 16.9 Å². The number of Topliss-reactive ketones (excluding diaryl/α,β-unsaturated/α-hetero) is 1. The molecule has 1 aliphatic heterocycles. The highest BCUT2D eigenvalue weighted by Crippen LogP contribution is 2.43. The highest BCUT2D eigenvalue weighted by atomic mass is 16.5. The summed E-state index contributed by atoms with van der Waals surface area (Å²) < 4.78 is 5.76. The van der Waals surface area contributed by atoms with Crippen molar-refractivity contribution in [1.82, 2.24) is 0 Å². The van der Waals surface area contributed by atoms with Crippen LogP contribution in [0.25, 0.3) is 0 Å². The summed E-state index contributed by atoms with van der Waals surface area (Å²) in [5, 5.41) is 26.9. The Morgan fingerprint density at radius 2 is 1.56 bits per heavy atom. The second-order valence-corrected chi connectivity index (χ2v) is 6.87. The van der Waals surface area contributed by atoms with E-state index in [1.165, 1.54) is 0 Å². The van der Waals surface area contributed by atoms with Crippen LogP contribution in [0, 0.1) is 12.3 Å². The topological polar surface area (TPSA) is 138 Å². The van der Waals surface area contributed by atoms with Crippen molar-refractivity contribution in [2.75, 3.05) is 6.61 Å². The lowest BCUT2D eigenvalue weighted by atomic mass is 9.72. The van der Waals surface area contributed by atoms with Gasteiger partial charge in [0.2, 0.25) is 0 Å². The normalized spacial score (nSPS) is 14.9. The number of carbonyl (C=O) groups is 4. The molecule has 0 bridgehead atoms. The first-order valence-corrected chi connectivity index (χ1v) is 8.61. The molecule has 1 heterocycles. The number of hydrogen-bond donors (Lipinski definition) is 3. The number of ether oxygens (including phenoxy) is 1. The number of aryl methyl sites for hydroxylation is 2. The minimum atomic E-state index is -1.22. The van der Waals surface area contributed by atoms with Crippen LogP contribution in [0.2, 0.25) is 0 Å². The van der Waals surface area contributed by atoms with Crippen LogP contribution in [-0.4, -0.2) is 45.6 Å². The molecule has 1 aromatic carbocycles. The van der Waals surface area contributed by atoms with Gasteiger partial charge in [-0.15, -0.1) is 0 Å². The van der Waals surface area contributed by atoms with E-state index in [2.05, 4.69) is 0 Å². The Labute approximate surface area is 155 Å². The molecule has 0 atom stereocenters. The number of hydrogen-bond acceptors (Lipinski definition) is 5. The maximum absolute atomic E-state index is 13.2. The summed E-state index contributed by atoms with van der Waals surface area (Å²) >= 11 is 0. The predicted molar refractivity (Wildman–Crippen MR) is 93.1 cm³/mol. The van der Waals surface area contributed by atoms with Crippen molar-refractivity contribution in [3.63, 3.8) is 0 Å². The molecule has 0 spiro atoms. The number of carboxylic acids is 3. The lowest BCUT2D eigenvalue weighted by molar-refractivity contribution is -0.138. The Hall–Kier alpha value is -2.90. The maximum atomic E-state index is 13.2. The number of fused-ring (bicyclic) bond motifs is 1. The van der Waals surface area contributed by atoms with Gasteiger partial charge in [0.15, 0.2) is 5.78 Å². The van der Waals surface area contributed by atoms with Crippen molar-refractivity contribution in [2.24, 2.45) is 5.41 Å². The molecular weight excluding hydrogens is 356 g/mol. The minimum Gasteiger partial charge on any atom is -0.491 e. The van der Waals surface area contributed by atoms with Gasteiger partial charge >= 0.3 is 17.9 Å². The average Bonchev–Trinajstić information content (AvgIpc) is 2.59. The summed E-state index contributed by atoms with van der Waals surface area (Å²) in [7, 11) is 0. The minimum absolute atomic E-state index is 0.0215. The Morgan fingerprint density at radius 1 is 1.00 bits per heavy atom. The molecule has 0 fully saturated rings. The molecule has 0 aromatic heterocycles. The number of rotatable bonds is 9. The zero-order chi connectivity index (χ0) is 20.2. The van der Waals surface area contributed by atoms with Crippen LogP contribution in [0.4, 0.5) is 0 Å². The van der Waals surface area contributed by atoms with Crippen LogP contribution in [0.3, 0.4) is 0 Å². The molecule has 1 aromatic rings. The largest absolute Gasteiger partial charge is 0.491 e. The van der Waals surface area contributed by atoms with Gasteiger partial charge in [-0.3, -0.25) is 19.2 Å². The van der Waals surface area contributed by atoms with Crippen LogP contribution in [-0.2, 0) is 20.8 Å². The molecule has 27 heavy (non-hydrogen) atoms. The van der Waals surface area contributed by atoms with Gasteiger partial charge in [-0.2, -0.15) is 0 Å². The Balaban J connectivity index is 2.39. The number of benzene rings is 1. The number of carboxylic acid groups (broad SMARTS) is 3. The second-order valence-electron chi connectivity index (χ2n) is 6.87. The molecular formula is C19H22O8. The number of aliphatic carboxylic acids is 3. The molecule has 0 amide bonds. The maximum Gasteiger partial charge on any atom is 0.303 e. The van der Waals surface area contributed by atoms with E-state index in [-0.39, 0.29) is 56.5 Å². The van der Waals surface area contributed by atoms with Crippen molar-refractivity contribution in [3.8, 4) is 5.75 Å². The SMILES string of the molecule is Cc1cc(CCC(=O)O)cc2c1OCC(CCC(=O)O)(CCC(=O)O)C2=O. The molecule has 8 heteroatoms.